The zero-order valence-corrected chi connectivity index (χ0v) is 32.5. The van der Waals surface area contributed by atoms with E-state index in [-0.39, 0.29) is 0 Å². The second kappa shape index (κ2) is 13.6. The first-order valence-corrected chi connectivity index (χ1v) is 20.4. The van der Waals surface area contributed by atoms with Crippen molar-refractivity contribution in [3.63, 3.8) is 0 Å². The summed E-state index contributed by atoms with van der Waals surface area (Å²) < 4.78 is 6.62. The van der Waals surface area contributed by atoms with Crippen LogP contribution in [0.5, 0.6) is 11.5 Å². The minimum atomic E-state index is -0.560. The van der Waals surface area contributed by atoms with E-state index in [1.807, 2.05) is 48.8 Å². The molecule has 3 heterocycles. The molecule has 5 nitrogen and oxygen atoms in total. The highest BCUT2D eigenvalue weighted by atomic mass is 16.5. The second-order valence-electron chi connectivity index (χ2n) is 15.6. The number of fused-ring (bicyclic) bond motifs is 10. The van der Waals surface area contributed by atoms with E-state index in [1.165, 1.54) is 33.2 Å². The highest BCUT2D eigenvalue weighted by molar-refractivity contribution is 6.15. The Bertz CT molecular complexity index is 3100. The van der Waals surface area contributed by atoms with Crippen molar-refractivity contribution in [1.29, 1.82) is 0 Å². The number of hydrogen-bond acceptors (Lipinski definition) is 5. The van der Waals surface area contributed by atoms with Crippen molar-refractivity contribution in [2.24, 2.45) is 9.98 Å². The van der Waals surface area contributed by atoms with Crippen LogP contribution in [0.1, 0.15) is 45.1 Å². The van der Waals surface area contributed by atoms with E-state index < -0.39 is 11.6 Å². The van der Waals surface area contributed by atoms with Gasteiger partial charge in [-0.25, -0.2) is 9.98 Å². The minimum Gasteiger partial charge on any atom is -0.457 e. The van der Waals surface area contributed by atoms with Gasteiger partial charge in [0.15, 0.2) is 6.17 Å². The van der Waals surface area contributed by atoms with Crippen molar-refractivity contribution in [3.8, 4) is 44.9 Å². The molecular weight excluding hydrogens is 733 g/mol. The van der Waals surface area contributed by atoms with Gasteiger partial charge in [0, 0.05) is 40.0 Å². The highest BCUT2D eigenvalue weighted by Crippen LogP contribution is 2.62. The van der Waals surface area contributed by atoms with Gasteiger partial charge in [0.25, 0.3) is 0 Å². The molecule has 0 atom stereocenters. The molecule has 0 radical (unpaired) electrons. The predicted octanol–water partition coefficient (Wildman–Crippen LogP) is 12.5. The van der Waals surface area contributed by atoms with Gasteiger partial charge in [0.05, 0.1) is 5.41 Å². The number of rotatable bonds is 5. The molecule has 0 fully saturated rings. The van der Waals surface area contributed by atoms with E-state index in [2.05, 4.69) is 168 Å². The lowest BCUT2D eigenvalue weighted by atomic mass is 9.66. The monoisotopic (exact) mass is 768 g/mol. The molecule has 0 saturated carbocycles. The van der Waals surface area contributed by atoms with Crippen molar-refractivity contribution in [3.05, 3.63) is 245 Å². The Kier molecular flexibility index (Phi) is 7.75. The number of amidine groups is 2. The summed E-state index contributed by atoms with van der Waals surface area (Å²) in [6, 6.07) is 68.9. The Morgan fingerprint density at radius 2 is 1.00 bits per heavy atom. The van der Waals surface area contributed by atoms with Gasteiger partial charge in [0.2, 0.25) is 0 Å². The van der Waals surface area contributed by atoms with Crippen molar-refractivity contribution in [1.82, 2.24) is 10.3 Å². The summed E-state index contributed by atoms with van der Waals surface area (Å²) in [6.45, 7) is 0. The molecule has 2 aliphatic heterocycles. The molecular formula is C55H36N4O. The molecule has 0 saturated heterocycles. The van der Waals surface area contributed by atoms with Crippen LogP contribution in [0.4, 0.5) is 0 Å². The van der Waals surface area contributed by atoms with Gasteiger partial charge in [-0.15, -0.1) is 0 Å². The highest BCUT2D eigenvalue weighted by Gasteiger charge is 2.51. The van der Waals surface area contributed by atoms with E-state index in [0.717, 1.165) is 73.1 Å². The number of hydrogen-bond donors (Lipinski definition) is 1. The molecule has 1 aromatic heterocycles. The zero-order chi connectivity index (χ0) is 39.6. The first-order valence-electron chi connectivity index (χ1n) is 20.4. The lowest BCUT2D eigenvalue weighted by Gasteiger charge is -2.39. The summed E-state index contributed by atoms with van der Waals surface area (Å²) in [4.78, 5) is 14.7. The Labute approximate surface area is 348 Å². The van der Waals surface area contributed by atoms with Crippen molar-refractivity contribution < 1.29 is 4.74 Å². The average Bonchev–Trinajstić information content (AvgIpc) is 3.61. The summed E-state index contributed by atoms with van der Waals surface area (Å²) >= 11 is 0. The summed E-state index contributed by atoms with van der Waals surface area (Å²) in [5, 5.41) is 5.81. The zero-order valence-electron chi connectivity index (χ0n) is 32.5. The Hall–Kier alpha value is -7.89. The maximum atomic E-state index is 6.62. The van der Waals surface area contributed by atoms with Crippen LogP contribution < -0.4 is 10.1 Å². The van der Waals surface area contributed by atoms with E-state index in [4.69, 9.17) is 14.7 Å². The molecule has 1 N–H and O–H groups in total. The summed E-state index contributed by atoms with van der Waals surface area (Å²) in [7, 11) is 0. The van der Waals surface area contributed by atoms with Crippen molar-refractivity contribution in [2.75, 3.05) is 0 Å². The third-order valence-electron chi connectivity index (χ3n) is 12.3. The fourth-order valence-electron chi connectivity index (χ4n) is 9.55. The number of aliphatic imine (C=N–C) groups is 2. The summed E-state index contributed by atoms with van der Waals surface area (Å²) in [5.41, 5.74) is 14.3. The number of aromatic nitrogens is 1. The maximum absolute atomic E-state index is 6.62. The van der Waals surface area contributed by atoms with Gasteiger partial charge in [-0.05, 0) is 85.8 Å². The lowest BCUT2D eigenvalue weighted by molar-refractivity contribution is 0.436. The van der Waals surface area contributed by atoms with Gasteiger partial charge < -0.3 is 10.1 Å². The van der Waals surface area contributed by atoms with Crippen LogP contribution in [0.3, 0.4) is 0 Å². The van der Waals surface area contributed by atoms with E-state index in [0.29, 0.717) is 0 Å². The number of para-hydroxylation sites is 2. The second-order valence-corrected chi connectivity index (χ2v) is 15.6. The SMILES string of the molecule is c1ccc(C2=NC(c3ccc(-c4ccc5c(c4)-c4cc(-c6cccc7ccncc67)ccc4C54c5ccccc5Oc5ccccc54)cc3)N=C(c3ccccc3)N2)cc1. The van der Waals surface area contributed by atoms with Crippen molar-refractivity contribution >= 4 is 22.4 Å². The molecule has 8 aromatic carbocycles. The van der Waals surface area contributed by atoms with Crippen LogP contribution in [0, 0.1) is 0 Å². The lowest BCUT2D eigenvalue weighted by Crippen LogP contribution is -2.35. The fraction of sp³-hybridized carbons (Fsp3) is 0.0364. The van der Waals surface area contributed by atoms with Gasteiger partial charge in [-0.1, -0.05) is 164 Å². The topological polar surface area (TPSA) is 58.9 Å². The average molecular weight is 769 g/mol. The molecule has 5 heteroatoms. The molecule has 12 rings (SSSR count). The Balaban J connectivity index is 1.01. The van der Waals surface area contributed by atoms with Crippen LogP contribution in [0.15, 0.2) is 217 Å². The minimum absolute atomic E-state index is 0.395. The van der Waals surface area contributed by atoms with Crippen LogP contribution in [-0.4, -0.2) is 16.7 Å². The van der Waals surface area contributed by atoms with Crippen LogP contribution in [0.25, 0.3) is 44.2 Å². The molecule has 0 bridgehead atoms. The number of pyridine rings is 1. The van der Waals surface area contributed by atoms with Crippen LogP contribution in [0.2, 0.25) is 0 Å². The molecule has 1 spiro atoms. The van der Waals surface area contributed by atoms with Gasteiger partial charge in [-0.2, -0.15) is 0 Å². The molecule has 3 aliphatic rings. The molecule has 282 valence electrons. The van der Waals surface area contributed by atoms with Gasteiger partial charge in [-0.3, -0.25) is 4.98 Å². The quantitative estimate of drug-likeness (QED) is 0.190. The summed E-state index contributed by atoms with van der Waals surface area (Å²) in [6.07, 6.45) is 3.44. The van der Waals surface area contributed by atoms with Crippen LogP contribution >= 0.6 is 0 Å². The fourth-order valence-corrected chi connectivity index (χ4v) is 9.55. The molecule has 0 amide bonds. The van der Waals surface area contributed by atoms with Gasteiger partial charge in [0.1, 0.15) is 23.2 Å². The van der Waals surface area contributed by atoms with E-state index >= 15 is 0 Å². The molecule has 0 unspecified atom stereocenters. The molecule has 1 aliphatic carbocycles. The maximum Gasteiger partial charge on any atom is 0.169 e. The Morgan fingerprint density at radius 1 is 0.433 bits per heavy atom. The largest absolute Gasteiger partial charge is 0.457 e. The van der Waals surface area contributed by atoms with E-state index in [1.54, 1.807) is 0 Å². The first kappa shape index (κ1) is 34.2. The molecule has 60 heavy (non-hydrogen) atoms. The Morgan fingerprint density at radius 3 is 1.65 bits per heavy atom. The normalized spacial score (nSPS) is 14.5. The van der Waals surface area contributed by atoms with Gasteiger partial charge >= 0.3 is 0 Å². The standard InChI is InChI=1S/C55H36N4O/c1-3-12-37(13-4-1)52-57-53(38-14-5-2-6-15-38)59-54(58-52)39-24-22-35(23-25-39)40-26-28-46-43(32-40)44-33-41(42-17-11-16-36-30-31-56-34-45(36)42)27-29-47(44)55(46)48-18-7-9-20-50(48)60-51-21-10-8-19-49(51)55/h1-34,54H,(H,57,58,59). The number of nitrogens with one attached hydrogen (secondary N) is 1. The number of nitrogens with zero attached hydrogens (tertiary/aromatic N) is 3. The predicted molar refractivity (Wildman–Crippen MR) is 242 cm³/mol. The van der Waals surface area contributed by atoms with E-state index in [9.17, 15) is 0 Å². The molecule has 9 aromatic rings. The first-order chi connectivity index (χ1) is 29.7. The third-order valence-corrected chi connectivity index (χ3v) is 12.3. The van der Waals surface area contributed by atoms with Crippen LogP contribution in [-0.2, 0) is 5.41 Å². The summed E-state index contributed by atoms with van der Waals surface area (Å²) in [5.74, 6) is 3.38. The number of benzene rings is 8. The third kappa shape index (κ3) is 5.29. The smallest absolute Gasteiger partial charge is 0.169 e. The number of ether oxygens (including phenoxy) is 1. The van der Waals surface area contributed by atoms with Crippen molar-refractivity contribution in [2.45, 2.75) is 11.6 Å².